The predicted octanol–water partition coefficient (Wildman–Crippen LogP) is 5.24. The van der Waals surface area contributed by atoms with Gasteiger partial charge in [0.2, 0.25) is 0 Å². The smallest absolute Gasteiger partial charge is 0.168 e. The fourth-order valence-corrected chi connectivity index (χ4v) is 4.63. The molecule has 1 saturated heterocycles. The molecule has 1 aromatic rings. The molecule has 2 fully saturated rings. The topological polar surface area (TPSA) is 18.5 Å². The highest BCUT2D eigenvalue weighted by atomic mass is 16.7. The minimum absolute atomic E-state index is 0.230. The third-order valence-corrected chi connectivity index (χ3v) is 6.75. The van der Waals surface area contributed by atoms with Crippen LogP contribution in [0.5, 0.6) is 0 Å². The van der Waals surface area contributed by atoms with Crippen LogP contribution in [0.25, 0.3) is 0 Å². The first kappa shape index (κ1) is 17.0. The van der Waals surface area contributed by atoms with Crippen LogP contribution in [-0.2, 0) is 21.3 Å². The highest BCUT2D eigenvalue weighted by Gasteiger charge is 2.52. The third-order valence-electron chi connectivity index (χ3n) is 6.75. The van der Waals surface area contributed by atoms with E-state index in [2.05, 4.69) is 52.0 Å². The zero-order chi connectivity index (χ0) is 16.6. The van der Waals surface area contributed by atoms with E-state index in [-0.39, 0.29) is 16.6 Å². The summed E-state index contributed by atoms with van der Waals surface area (Å²) in [5.74, 6) is -0.282. The third kappa shape index (κ3) is 2.85. The standard InChI is InChI=1S/C21H32O2/c1-5-17-8-7-9-18(16-17)20(19(3,4)6-2)10-12-21(13-11-20)22-14-15-23-21/h7-9,16H,5-6,10-15H2,1-4H3. The Morgan fingerprint density at radius 1 is 1.00 bits per heavy atom. The molecule has 128 valence electrons. The number of benzene rings is 1. The first-order valence-electron chi connectivity index (χ1n) is 9.34. The summed E-state index contributed by atoms with van der Waals surface area (Å²) < 4.78 is 12.0. The van der Waals surface area contributed by atoms with Gasteiger partial charge >= 0.3 is 0 Å². The van der Waals surface area contributed by atoms with Crippen molar-refractivity contribution in [2.24, 2.45) is 5.41 Å². The minimum atomic E-state index is -0.282. The molecule has 0 aromatic heterocycles. The van der Waals surface area contributed by atoms with E-state index >= 15 is 0 Å². The summed E-state index contributed by atoms with van der Waals surface area (Å²) in [4.78, 5) is 0. The summed E-state index contributed by atoms with van der Waals surface area (Å²) in [6, 6.07) is 9.30. The van der Waals surface area contributed by atoms with Crippen molar-refractivity contribution in [3.8, 4) is 0 Å². The minimum Gasteiger partial charge on any atom is -0.348 e. The zero-order valence-corrected chi connectivity index (χ0v) is 15.3. The van der Waals surface area contributed by atoms with Crippen molar-refractivity contribution in [2.45, 2.75) is 77.4 Å². The summed E-state index contributed by atoms with van der Waals surface area (Å²) in [6.07, 6.45) is 6.65. The van der Waals surface area contributed by atoms with Gasteiger partial charge in [0.15, 0.2) is 5.79 Å². The van der Waals surface area contributed by atoms with Crippen molar-refractivity contribution in [2.75, 3.05) is 13.2 Å². The fraction of sp³-hybridized carbons (Fsp3) is 0.714. The van der Waals surface area contributed by atoms with Gasteiger partial charge in [-0.15, -0.1) is 0 Å². The number of hydrogen-bond donors (Lipinski definition) is 0. The second kappa shape index (κ2) is 6.22. The van der Waals surface area contributed by atoms with E-state index in [1.54, 1.807) is 0 Å². The Kier molecular flexibility index (Phi) is 4.59. The van der Waals surface area contributed by atoms with E-state index in [1.165, 1.54) is 17.5 Å². The van der Waals surface area contributed by atoms with E-state index < -0.39 is 0 Å². The molecule has 1 aliphatic heterocycles. The molecule has 1 aliphatic carbocycles. The van der Waals surface area contributed by atoms with Crippen molar-refractivity contribution in [3.63, 3.8) is 0 Å². The molecule has 1 aromatic carbocycles. The Hall–Kier alpha value is -0.860. The quantitative estimate of drug-likeness (QED) is 0.756. The molecular weight excluding hydrogens is 284 g/mol. The lowest BCUT2D eigenvalue weighted by Gasteiger charge is -2.53. The van der Waals surface area contributed by atoms with Gasteiger partial charge in [0.1, 0.15) is 0 Å². The molecule has 23 heavy (non-hydrogen) atoms. The molecule has 0 atom stereocenters. The molecule has 3 rings (SSSR count). The number of hydrogen-bond acceptors (Lipinski definition) is 2. The fourth-order valence-electron chi connectivity index (χ4n) is 4.63. The number of ether oxygens (including phenoxy) is 2. The van der Waals surface area contributed by atoms with E-state index in [9.17, 15) is 0 Å². The number of aryl methyl sites for hydroxylation is 1. The van der Waals surface area contributed by atoms with Gasteiger partial charge in [0, 0.05) is 18.3 Å². The van der Waals surface area contributed by atoms with Crippen LogP contribution in [0.4, 0.5) is 0 Å². The van der Waals surface area contributed by atoms with Gasteiger partial charge in [0.25, 0.3) is 0 Å². The van der Waals surface area contributed by atoms with Crippen LogP contribution in [-0.4, -0.2) is 19.0 Å². The van der Waals surface area contributed by atoms with Crippen LogP contribution in [0.1, 0.15) is 70.9 Å². The van der Waals surface area contributed by atoms with E-state index in [0.29, 0.717) is 0 Å². The molecule has 0 N–H and O–H groups in total. The lowest BCUT2D eigenvalue weighted by molar-refractivity contribution is -0.191. The highest BCUT2D eigenvalue weighted by molar-refractivity contribution is 5.33. The van der Waals surface area contributed by atoms with Crippen LogP contribution in [0.3, 0.4) is 0 Å². The Balaban J connectivity index is 1.96. The first-order valence-corrected chi connectivity index (χ1v) is 9.34. The summed E-state index contributed by atoms with van der Waals surface area (Å²) >= 11 is 0. The van der Waals surface area contributed by atoms with E-state index in [4.69, 9.17) is 9.47 Å². The van der Waals surface area contributed by atoms with E-state index in [1.807, 2.05) is 0 Å². The largest absolute Gasteiger partial charge is 0.348 e. The van der Waals surface area contributed by atoms with Crippen LogP contribution >= 0.6 is 0 Å². The Labute approximate surface area is 141 Å². The normalized spacial score (nSPS) is 23.3. The van der Waals surface area contributed by atoms with Crippen LogP contribution < -0.4 is 0 Å². The number of rotatable bonds is 4. The molecule has 2 heteroatoms. The second-order valence-corrected chi connectivity index (χ2v) is 7.98. The van der Waals surface area contributed by atoms with Gasteiger partial charge in [0.05, 0.1) is 13.2 Å². The second-order valence-electron chi connectivity index (χ2n) is 7.98. The average molecular weight is 316 g/mol. The Morgan fingerprint density at radius 3 is 2.22 bits per heavy atom. The van der Waals surface area contributed by atoms with Crippen molar-refractivity contribution in [1.82, 2.24) is 0 Å². The van der Waals surface area contributed by atoms with Gasteiger partial charge in [-0.2, -0.15) is 0 Å². The Morgan fingerprint density at radius 2 is 1.65 bits per heavy atom. The molecule has 1 saturated carbocycles. The van der Waals surface area contributed by atoms with Crippen LogP contribution in [0.2, 0.25) is 0 Å². The molecule has 1 spiro atoms. The van der Waals surface area contributed by atoms with Crippen LogP contribution in [0.15, 0.2) is 24.3 Å². The van der Waals surface area contributed by atoms with Gasteiger partial charge in [-0.05, 0) is 35.8 Å². The molecule has 0 amide bonds. The van der Waals surface area contributed by atoms with Gasteiger partial charge < -0.3 is 9.47 Å². The van der Waals surface area contributed by atoms with Gasteiger partial charge in [-0.3, -0.25) is 0 Å². The molecule has 0 unspecified atom stereocenters. The van der Waals surface area contributed by atoms with Crippen molar-refractivity contribution >= 4 is 0 Å². The lowest BCUT2D eigenvalue weighted by Crippen LogP contribution is -2.49. The lowest BCUT2D eigenvalue weighted by atomic mass is 9.53. The summed E-state index contributed by atoms with van der Waals surface area (Å²) in [7, 11) is 0. The van der Waals surface area contributed by atoms with Gasteiger partial charge in [-0.25, -0.2) is 0 Å². The molecule has 0 bridgehead atoms. The molecule has 0 radical (unpaired) electrons. The molecular formula is C21H32O2. The average Bonchev–Trinajstić information content (AvgIpc) is 3.04. The predicted molar refractivity (Wildman–Crippen MR) is 94.7 cm³/mol. The van der Waals surface area contributed by atoms with Crippen molar-refractivity contribution in [1.29, 1.82) is 0 Å². The van der Waals surface area contributed by atoms with Crippen molar-refractivity contribution < 1.29 is 9.47 Å². The van der Waals surface area contributed by atoms with Gasteiger partial charge in [-0.1, -0.05) is 58.4 Å². The molecule has 2 nitrogen and oxygen atoms in total. The SMILES string of the molecule is CCc1cccc(C2(C(C)(C)CC)CCC3(CC2)OCCO3)c1. The maximum atomic E-state index is 5.98. The Bertz CT molecular complexity index is 531. The maximum absolute atomic E-state index is 5.98. The monoisotopic (exact) mass is 316 g/mol. The molecule has 1 heterocycles. The summed E-state index contributed by atoms with van der Waals surface area (Å²) in [6.45, 7) is 11.0. The maximum Gasteiger partial charge on any atom is 0.168 e. The van der Waals surface area contributed by atoms with Crippen LogP contribution in [0, 0.1) is 5.41 Å². The summed E-state index contributed by atoms with van der Waals surface area (Å²) in [5, 5.41) is 0. The first-order chi connectivity index (χ1) is 11.0. The zero-order valence-electron chi connectivity index (χ0n) is 15.3. The van der Waals surface area contributed by atoms with Crippen molar-refractivity contribution in [3.05, 3.63) is 35.4 Å². The van der Waals surface area contributed by atoms with E-state index in [0.717, 1.165) is 45.3 Å². The molecule has 2 aliphatic rings. The summed E-state index contributed by atoms with van der Waals surface area (Å²) in [5.41, 5.74) is 3.48. The highest BCUT2D eigenvalue weighted by Crippen LogP contribution is 2.56.